The van der Waals surface area contributed by atoms with Gasteiger partial charge in [0.15, 0.2) is 0 Å². The van der Waals surface area contributed by atoms with Crippen LogP contribution in [0.2, 0.25) is 5.02 Å². The molecule has 0 atom stereocenters. The molecule has 1 aliphatic heterocycles. The zero-order chi connectivity index (χ0) is 20.6. The molecule has 7 nitrogen and oxygen atoms in total. The molecule has 1 aromatic carbocycles. The van der Waals surface area contributed by atoms with E-state index in [0.717, 1.165) is 68.3 Å². The Morgan fingerprint density at radius 3 is 2.48 bits per heavy atom. The predicted molar refractivity (Wildman–Crippen MR) is 118 cm³/mol. The molecule has 3 rings (SSSR count). The van der Waals surface area contributed by atoms with Crippen LogP contribution in [0.1, 0.15) is 25.0 Å². The molecule has 0 saturated carbocycles. The van der Waals surface area contributed by atoms with E-state index in [9.17, 15) is 4.79 Å². The van der Waals surface area contributed by atoms with Crippen LogP contribution in [0.25, 0.3) is 0 Å². The van der Waals surface area contributed by atoms with Crippen LogP contribution in [-0.2, 0) is 12.8 Å². The third kappa shape index (κ3) is 5.58. The lowest BCUT2D eigenvalue weighted by atomic mass is 10.0. The van der Waals surface area contributed by atoms with Crippen LogP contribution in [0.15, 0.2) is 30.6 Å². The fraction of sp³-hybridized carbons (Fsp3) is 0.476. The summed E-state index contributed by atoms with van der Waals surface area (Å²) in [7, 11) is 0. The van der Waals surface area contributed by atoms with Crippen molar-refractivity contribution in [1.29, 1.82) is 0 Å². The van der Waals surface area contributed by atoms with Crippen LogP contribution in [0, 0.1) is 0 Å². The number of aromatic nitrogens is 2. The summed E-state index contributed by atoms with van der Waals surface area (Å²) in [6.45, 7) is 9.16. The number of hydrogen-bond acceptors (Lipinski definition) is 5. The summed E-state index contributed by atoms with van der Waals surface area (Å²) in [6, 6.07) is 5.52. The van der Waals surface area contributed by atoms with Crippen molar-refractivity contribution < 1.29 is 4.79 Å². The summed E-state index contributed by atoms with van der Waals surface area (Å²) < 4.78 is 0. The van der Waals surface area contributed by atoms with Crippen molar-refractivity contribution in [3.63, 3.8) is 0 Å². The lowest BCUT2D eigenvalue weighted by Gasteiger charge is -2.34. The quantitative estimate of drug-likeness (QED) is 0.725. The molecule has 1 saturated heterocycles. The fourth-order valence-corrected chi connectivity index (χ4v) is 3.87. The summed E-state index contributed by atoms with van der Waals surface area (Å²) in [6.07, 6.45) is 5.16. The van der Waals surface area contributed by atoms with Gasteiger partial charge in [-0.1, -0.05) is 31.5 Å². The second-order valence-corrected chi connectivity index (χ2v) is 7.43. The van der Waals surface area contributed by atoms with E-state index in [4.69, 9.17) is 11.6 Å². The first-order chi connectivity index (χ1) is 14.1. The number of benzene rings is 1. The minimum absolute atomic E-state index is 0.187. The van der Waals surface area contributed by atoms with E-state index < -0.39 is 0 Å². The monoisotopic (exact) mass is 416 g/mol. The van der Waals surface area contributed by atoms with Gasteiger partial charge in [-0.2, -0.15) is 0 Å². The zero-order valence-corrected chi connectivity index (χ0v) is 17.9. The van der Waals surface area contributed by atoms with E-state index in [1.165, 1.54) is 0 Å². The number of halogens is 1. The third-order valence-electron chi connectivity index (χ3n) is 5.24. The van der Waals surface area contributed by atoms with E-state index >= 15 is 0 Å². The normalized spacial score (nSPS) is 14.7. The largest absolute Gasteiger partial charge is 0.338 e. The van der Waals surface area contributed by atoms with Crippen molar-refractivity contribution in [2.45, 2.75) is 26.7 Å². The number of nitrogens with one attached hydrogen (secondary N) is 2. The van der Waals surface area contributed by atoms with E-state index in [1.54, 1.807) is 12.4 Å². The van der Waals surface area contributed by atoms with Gasteiger partial charge < -0.3 is 15.5 Å². The smallest absolute Gasteiger partial charge is 0.319 e. The average Bonchev–Trinajstić information content (AvgIpc) is 2.75. The predicted octanol–water partition coefficient (Wildman–Crippen LogP) is 3.20. The number of hydrogen-bond donors (Lipinski definition) is 2. The van der Waals surface area contributed by atoms with Gasteiger partial charge in [0.1, 0.15) is 0 Å². The van der Waals surface area contributed by atoms with Gasteiger partial charge in [0.05, 0.1) is 5.69 Å². The third-order valence-corrected chi connectivity index (χ3v) is 5.59. The van der Waals surface area contributed by atoms with Gasteiger partial charge in [-0.15, -0.1) is 0 Å². The summed E-state index contributed by atoms with van der Waals surface area (Å²) >= 11 is 6.31. The van der Waals surface area contributed by atoms with Crippen molar-refractivity contribution in [2.75, 3.05) is 49.5 Å². The molecule has 2 heterocycles. The number of urea groups is 1. The molecule has 8 heteroatoms. The molecule has 0 bridgehead atoms. The minimum atomic E-state index is -0.187. The highest BCUT2D eigenvalue weighted by Crippen LogP contribution is 2.29. The summed E-state index contributed by atoms with van der Waals surface area (Å²) in [5.41, 5.74) is 2.93. The summed E-state index contributed by atoms with van der Waals surface area (Å²) in [5, 5.41) is 6.68. The lowest BCUT2D eigenvalue weighted by molar-refractivity contribution is 0.240. The number of aryl methyl sites for hydroxylation is 1. The maximum Gasteiger partial charge on any atom is 0.319 e. The average molecular weight is 417 g/mol. The fourth-order valence-electron chi connectivity index (χ4n) is 3.58. The van der Waals surface area contributed by atoms with E-state index in [2.05, 4.69) is 37.3 Å². The number of nitrogens with zero attached hydrogens (tertiary/aromatic N) is 4. The first kappa shape index (κ1) is 21.3. The number of carbonyl (C=O) groups is 1. The van der Waals surface area contributed by atoms with Gasteiger partial charge in [-0.3, -0.25) is 4.90 Å². The Hall–Kier alpha value is -2.38. The number of piperazine rings is 1. The Kier molecular flexibility index (Phi) is 7.66. The molecule has 29 heavy (non-hydrogen) atoms. The molecular formula is C21H29ClN6O. The Labute approximate surface area is 177 Å². The second kappa shape index (κ2) is 10.4. The highest BCUT2D eigenvalue weighted by Gasteiger charge is 2.19. The van der Waals surface area contributed by atoms with Crippen LogP contribution in [0.3, 0.4) is 0 Å². The Morgan fingerprint density at radius 2 is 1.83 bits per heavy atom. The molecular weight excluding hydrogens is 388 g/mol. The Morgan fingerprint density at radius 1 is 1.10 bits per heavy atom. The maximum absolute atomic E-state index is 12.4. The molecule has 1 fully saturated rings. The molecule has 2 aromatic rings. The molecule has 0 aliphatic carbocycles. The highest BCUT2D eigenvalue weighted by molar-refractivity contribution is 6.31. The molecule has 0 unspecified atom stereocenters. The number of rotatable bonds is 7. The van der Waals surface area contributed by atoms with Crippen molar-refractivity contribution in [3.05, 3.63) is 46.7 Å². The molecule has 2 N–H and O–H groups in total. The molecule has 2 amide bonds. The molecule has 0 radical (unpaired) electrons. The SMILES string of the molecule is CCc1ccc(Cl)c(CC)c1NC(=O)NCCN1CCN(c2ncccn2)CC1. The highest BCUT2D eigenvalue weighted by atomic mass is 35.5. The van der Waals surface area contributed by atoms with Crippen molar-refractivity contribution in [1.82, 2.24) is 20.2 Å². The van der Waals surface area contributed by atoms with Crippen molar-refractivity contribution in [3.8, 4) is 0 Å². The van der Waals surface area contributed by atoms with Crippen LogP contribution in [0.5, 0.6) is 0 Å². The van der Waals surface area contributed by atoms with Gasteiger partial charge in [0, 0.05) is 56.7 Å². The van der Waals surface area contributed by atoms with Crippen LogP contribution in [0.4, 0.5) is 16.4 Å². The van der Waals surface area contributed by atoms with E-state index in [-0.39, 0.29) is 6.03 Å². The Balaban J connectivity index is 1.45. The number of anilines is 2. The number of carbonyl (C=O) groups excluding carboxylic acids is 1. The van der Waals surface area contributed by atoms with E-state index in [1.807, 2.05) is 25.1 Å². The van der Waals surface area contributed by atoms with Crippen molar-refractivity contribution in [2.24, 2.45) is 0 Å². The number of amides is 2. The topological polar surface area (TPSA) is 73.4 Å². The molecule has 1 aromatic heterocycles. The first-order valence-corrected chi connectivity index (χ1v) is 10.6. The summed E-state index contributed by atoms with van der Waals surface area (Å²) in [4.78, 5) is 25.6. The summed E-state index contributed by atoms with van der Waals surface area (Å²) in [5.74, 6) is 0.782. The Bertz CT molecular complexity index is 808. The van der Waals surface area contributed by atoms with Gasteiger partial charge in [-0.05, 0) is 36.1 Å². The zero-order valence-electron chi connectivity index (χ0n) is 17.1. The lowest BCUT2D eigenvalue weighted by Crippen LogP contribution is -2.49. The van der Waals surface area contributed by atoms with Crippen molar-refractivity contribution >= 4 is 29.3 Å². The molecule has 0 spiro atoms. The first-order valence-electron chi connectivity index (χ1n) is 10.2. The van der Waals surface area contributed by atoms with Crippen LogP contribution >= 0.6 is 11.6 Å². The van der Waals surface area contributed by atoms with Gasteiger partial charge >= 0.3 is 6.03 Å². The van der Waals surface area contributed by atoms with Gasteiger partial charge in [-0.25, -0.2) is 14.8 Å². The van der Waals surface area contributed by atoms with Gasteiger partial charge in [0.25, 0.3) is 0 Å². The van der Waals surface area contributed by atoms with Crippen LogP contribution in [-0.4, -0.2) is 60.2 Å². The molecule has 156 valence electrons. The second-order valence-electron chi connectivity index (χ2n) is 7.03. The van der Waals surface area contributed by atoms with Gasteiger partial charge in [0.2, 0.25) is 5.95 Å². The minimum Gasteiger partial charge on any atom is -0.338 e. The van der Waals surface area contributed by atoms with E-state index in [0.29, 0.717) is 11.6 Å². The maximum atomic E-state index is 12.4. The standard InChI is InChI=1S/C21H29ClN6O/c1-3-16-6-7-18(22)17(4-2)19(16)26-21(29)25-10-11-27-12-14-28(15-13-27)20-23-8-5-9-24-20/h5-9H,3-4,10-15H2,1-2H3,(H2,25,26,29). The molecule has 1 aliphatic rings. The van der Waals surface area contributed by atoms with Crippen LogP contribution < -0.4 is 15.5 Å².